The zero-order valence-corrected chi connectivity index (χ0v) is 14.8. The largest absolute Gasteiger partial charge is 0.493 e. The van der Waals surface area contributed by atoms with Crippen LogP contribution < -0.4 is 23.5 Å². The second kappa shape index (κ2) is 5.39. The average molecular weight is 348 g/mol. The first-order valence-corrected chi connectivity index (χ1v) is 8.40. The highest BCUT2D eigenvalue weighted by Crippen LogP contribution is 2.42. The van der Waals surface area contributed by atoms with Crippen LogP contribution in [0.25, 0.3) is 32.4 Å². The summed E-state index contributed by atoms with van der Waals surface area (Å²) in [6.45, 7) is 0.268. The Hall–Kier alpha value is -3.21. The van der Waals surface area contributed by atoms with E-state index in [-0.39, 0.29) is 6.79 Å². The predicted molar refractivity (Wildman–Crippen MR) is 99.4 cm³/mol. The summed E-state index contributed by atoms with van der Waals surface area (Å²) in [5, 5.41) is 5.46. The third kappa shape index (κ3) is 1.94. The van der Waals surface area contributed by atoms with Gasteiger partial charge in [-0.2, -0.15) is 4.57 Å². The number of pyridine rings is 1. The second-order valence-electron chi connectivity index (χ2n) is 6.39. The maximum absolute atomic E-state index is 5.70. The fourth-order valence-corrected chi connectivity index (χ4v) is 3.88. The molecule has 1 aromatic heterocycles. The summed E-state index contributed by atoms with van der Waals surface area (Å²) in [6, 6.07) is 12.3. The van der Waals surface area contributed by atoms with Gasteiger partial charge in [-0.05, 0) is 35.7 Å². The van der Waals surface area contributed by atoms with Gasteiger partial charge in [0.2, 0.25) is 12.3 Å². The summed E-state index contributed by atoms with van der Waals surface area (Å²) < 4.78 is 24.5. The third-order valence-corrected chi connectivity index (χ3v) is 5.02. The Bertz CT molecular complexity index is 1200. The minimum absolute atomic E-state index is 0.268. The molecule has 0 unspecified atom stereocenters. The number of benzene rings is 3. The molecule has 0 aliphatic carbocycles. The number of methoxy groups -OCH3 is 2. The van der Waals surface area contributed by atoms with Crippen molar-refractivity contribution in [2.75, 3.05) is 21.0 Å². The topological polar surface area (TPSA) is 40.8 Å². The summed E-state index contributed by atoms with van der Waals surface area (Å²) in [5.41, 5.74) is 1.11. The van der Waals surface area contributed by atoms with Crippen LogP contribution in [0.2, 0.25) is 0 Å². The number of ether oxygens (including phenoxy) is 4. The van der Waals surface area contributed by atoms with Crippen LogP contribution in [-0.2, 0) is 7.05 Å². The van der Waals surface area contributed by atoms with Gasteiger partial charge in [0, 0.05) is 5.39 Å². The number of hydrogen-bond acceptors (Lipinski definition) is 4. The van der Waals surface area contributed by atoms with E-state index in [2.05, 4.69) is 42.1 Å². The standard InChI is InChI=1S/C21H18NO4/c1-22-10-13-5-7-16(23-2)21(24-3)19(13)14-6-4-12-8-17-18(26-11-25-17)9-15(12)20(14)22/h4-10H,11H2,1-3H3/q+1. The summed E-state index contributed by atoms with van der Waals surface area (Å²) in [4.78, 5) is 0. The van der Waals surface area contributed by atoms with E-state index in [1.54, 1.807) is 14.2 Å². The summed E-state index contributed by atoms with van der Waals surface area (Å²) >= 11 is 0. The van der Waals surface area contributed by atoms with Gasteiger partial charge in [-0.25, -0.2) is 0 Å². The summed E-state index contributed by atoms with van der Waals surface area (Å²) in [7, 11) is 5.39. The first kappa shape index (κ1) is 15.1. The van der Waals surface area contributed by atoms with Gasteiger partial charge in [0.15, 0.2) is 29.2 Å². The zero-order valence-electron chi connectivity index (χ0n) is 14.8. The van der Waals surface area contributed by atoms with Crippen LogP contribution in [0.15, 0.2) is 42.6 Å². The predicted octanol–water partition coefficient (Wildman–Crippen LogP) is 3.72. The van der Waals surface area contributed by atoms with Gasteiger partial charge in [-0.15, -0.1) is 0 Å². The molecule has 4 aromatic rings. The first-order chi connectivity index (χ1) is 12.7. The average Bonchev–Trinajstić information content (AvgIpc) is 3.12. The Morgan fingerprint density at radius 2 is 1.65 bits per heavy atom. The smallest absolute Gasteiger partial charge is 0.231 e. The number of hydrogen-bond donors (Lipinski definition) is 0. The molecular weight excluding hydrogens is 330 g/mol. The van der Waals surface area contributed by atoms with Crippen molar-refractivity contribution in [2.24, 2.45) is 7.05 Å². The fraction of sp³-hybridized carbons (Fsp3) is 0.190. The van der Waals surface area contributed by atoms with Gasteiger partial charge in [-0.3, -0.25) is 0 Å². The van der Waals surface area contributed by atoms with E-state index in [0.29, 0.717) is 0 Å². The van der Waals surface area contributed by atoms with Crippen LogP contribution in [0.3, 0.4) is 0 Å². The lowest BCUT2D eigenvalue weighted by atomic mass is 10.00. The van der Waals surface area contributed by atoms with Crippen molar-refractivity contribution in [3.63, 3.8) is 0 Å². The van der Waals surface area contributed by atoms with E-state index in [4.69, 9.17) is 18.9 Å². The minimum atomic E-state index is 0.268. The molecule has 0 amide bonds. The van der Waals surface area contributed by atoms with Crippen LogP contribution in [0.1, 0.15) is 0 Å². The molecule has 1 aliphatic heterocycles. The number of fused-ring (bicyclic) bond motifs is 6. The van der Waals surface area contributed by atoms with Crippen molar-refractivity contribution >= 4 is 32.4 Å². The lowest BCUT2D eigenvalue weighted by Gasteiger charge is -2.13. The molecule has 2 heterocycles. The van der Waals surface area contributed by atoms with Crippen LogP contribution >= 0.6 is 0 Å². The van der Waals surface area contributed by atoms with Gasteiger partial charge in [0.1, 0.15) is 7.05 Å². The normalized spacial score (nSPS) is 12.9. The van der Waals surface area contributed by atoms with Crippen LogP contribution in [0, 0.1) is 0 Å². The molecule has 3 aromatic carbocycles. The molecule has 0 saturated carbocycles. The Morgan fingerprint density at radius 3 is 2.42 bits per heavy atom. The van der Waals surface area contributed by atoms with Gasteiger partial charge >= 0.3 is 0 Å². The maximum atomic E-state index is 5.70. The van der Waals surface area contributed by atoms with E-state index in [1.165, 1.54) is 0 Å². The molecule has 5 nitrogen and oxygen atoms in total. The van der Waals surface area contributed by atoms with Crippen molar-refractivity contribution in [2.45, 2.75) is 0 Å². The highest BCUT2D eigenvalue weighted by molar-refractivity contribution is 6.16. The molecule has 0 atom stereocenters. The minimum Gasteiger partial charge on any atom is -0.493 e. The second-order valence-corrected chi connectivity index (χ2v) is 6.39. The van der Waals surface area contributed by atoms with Gasteiger partial charge in [0.25, 0.3) is 0 Å². The van der Waals surface area contributed by atoms with E-state index < -0.39 is 0 Å². The van der Waals surface area contributed by atoms with Crippen molar-refractivity contribution in [1.82, 2.24) is 0 Å². The zero-order chi connectivity index (χ0) is 17.8. The number of aromatic nitrogens is 1. The summed E-state index contributed by atoms with van der Waals surface area (Å²) in [6.07, 6.45) is 2.11. The van der Waals surface area contributed by atoms with E-state index in [0.717, 1.165) is 55.4 Å². The van der Waals surface area contributed by atoms with Gasteiger partial charge in [-0.1, -0.05) is 6.07 Å². The summed E-state index contributed by atoms with van der Waals surface area (Å²) in [5.74, 6) is 3.04. The highest BCUT2D eigenvalue weighted by atomic mass is 16.7. The van der Waals surface area contributed by atoms with E-state index in [9.17, 15) is 0 Å². The lowest BCUT2D eigenvalue weighted by molar-refractivity contribution is -0.642. The Balaban J connectivity index is 1.99. The first-order valence-electron chi connectivity index (χ1n) is 8.40. The van der Waals surface area contributed by atoms with E-state index >= 15 is 0 Å². The SMILES string of the molecule is COc1ccc2c[n+](C)c3c4cc5c(cc4ccc3c2c1OC)OCO5. The molecule has 0 saturated heterocycles. The third-order valence-electron chi connectivity index (χ3n) is 5.02. The number of nitrogens with zero attached hydrogens (tertiary/aromatic N) is 1. The Labute approximate surface area is 150 Å². The van der Waals surface area contributed by atoms with Crippen LogP contribution in [0.5, 0.6) is 23.0 Å². The molecule has 5 heteroatoms. The molecule has 0 fully saturated rings. The molecule has 5 rings (SSSR count). The van der Waals surface area contributed by atoms with Crippen LogP contribution in [-0.4, -0.2) is 21.0 Å². The lowest BCUT2D eigenvalue weighted by Crippen LogP contribution is -2.28. The van der Waals surface area contributed by atoms with Crippen LogP contribution in [0.4, 0.5) is 0 Å². The molecule has 0 bridgehead atoms. The molecule has 0 N–H and O–H groups in total. The number of aryl methyl sites for hydroxylation is 1. The monoisotopic (exact) mass is 348 g/mol. The fourth-order valence-electron chi connectivity index (χ4n) is 3.88. The Kier molecular flexibility index (Phi) is 3.13. The number of rotatable bonds is 2. The van der Waals surface area contributed by atoms with Crippen molar-refractivity contribution in [1.29, 1.82) is 0 Å². The molecule has 130 valence electrons. The van der Waals surface area contributed by atoms with Crippen molar-refractivity contribution < 1.29 is 23.5 Å². The highest BCUT2D eigenvalue weighted by Gasteiger charge is 2.22. The van der Waals surface area contributed by atoms with E-state index in [1.807, 2.05) is 12.1 Å². The van der Waals surface area contributed by atoms with Crippen molar-refractivity contribution in [3.8, 4) is 23.0 Å². The van der Waals surface area contributed by atoms with Gasteiger partial charge < -0.3 is 18.9 Å². The Morgan fingerprint density at radius 1 is 0.885 bits per heavy atom. The maximum Gasteiger partial charge on any atom is 0.231 e. The molecule has 1 aliphatic rings. The molecule has 0 radical (unpaired) electrons. The quantitative estimate of drug-likeness (QED) is 0.409. The molecule has 0 spiro atoms. The van der Waals surface area contributed by atoms with Crippen molar-refractivity contribution in [3.05, 3.63) is 42.6 Å². The molecule has 26 heavy (non-hydrogen) atoms. The van der Waals surface area contributed by atoms with Gasteiger partial charge in [0.05, 0.1) is 30.4 Å². The molecular formula is C21H18NO4+.